The Bertz CT molecular complexity index is 1210. The van der Waals surface area contributed by atoms with Crippen LogP contribution < -0.4 is 9.64 Å². The molecular formula is C36H45N3O. The van der Waals surface area contributed by atoms with E-state index in [-0.39, 0.29) is 5.57 Å². The molecule has 1 aliphatic heterocycles. The normalized spacial score (nSPS) is 12.3. The number of hydrogen-bond acceptors (Lipinski definition) is 4. The summed E-state index contributed by atoms with van der Waals surface area (Å²) in [7, 11) is 2.17. The molecule has 0 amide bonds. The zero-order chi connectivity index (χ0) is 28.4. The molecule has 0 atom stereocenters. The Hall–Kier alpha value is -3.76. The van der Waals surface area contributed by atoms with Crippen LogP contribution in [0.15, 0.2) is 72.0 Å². The first-order valence-corrected chi connectivity index (χ1v) is 15.2. The summed E-state index contributed by atoms with van der Waals surface area (Å²) in [5.74, 6) is 1.24. The van der Waals surface area contributed by atoms with Gasteiger partial charge in [-0.3, -0.25) is 0 Å². The first kappa shape index (κ1) is 30.8. The number of rotatable bonds is 17. The Morgan fingerprint density at radius 1 is 0.750 bits per heavy atom. The van der Waals surface area contributed by atoms with Gasteiger partial charge in [0.2, 0.25) is 0 Å². The summed E-state index contributed by atoms with van der Waals surface area (Å²) in [5, 5.41) is 18.8. The van der Waals surface area contributed by atoms with E-state index in [0.29, 0.717) is 17.1 Å². The predicted molar refractivity (Wildman–Crippen MR) is 168 cm³/mol. The monoisotopic (exact) mass is 535 g/mol. The molecule has 0 radical (unpaired) electrons. The van der Waals surface area contributed by atoms with E-state index in [1.807, 2.05) is 48.6 Å². The molecule has 40 heavy (non-hydrogen) atoms. The third-order valence-corrected chi connectivity index (χ3v) is 7.56. The number of para-hydroxylation sites is 1. The van der Waals surface area contributed by atoms with Crippen LogP contribution in [0.3, 0.4) is 0 Å². The SMILES string of the molecule is CCCCCCCCCCCCCCCN(C)c1ccc(/C=C/C2=CC(=C(C#N)C#N)c3ccccc3O2)cc1. The van der Waals surface area contributed by atoms with Gasteiger partial charge in [0.25, 0.3) is 0 Å². The average Bonchev–Trinajstić information content (AvgIpc) is 2.99. The quantitative estimate of drug-likeness (QED) is 0.149. The summed E-state index contributed by atoms with van der Waals surface area (Å²) < 4.78 is 6.01. The van der Waals surface area contributed by atoms with Crippen molar-refractivity contribution in [2.45, 2.75) is 90.4 Å². The molecule has 0 aromatic heterocycles. The fraction of sp³-hybridized carbons (Fsp3) is 0.444. The lowest BCUT2D eigenvalue weighted by Gasteiger charge is -2.19. The van der Waals surface area contributed by atoms with Crippen molar-refractivity contribution in [3.8, 4) is 17.9 Å². The van der Waals surface area contributed by atoms with E-state index in [1.165, 1.54) is 89.2 Å². The van der Waals surface area contributed by atoms with Gasteiger partial charge in [0.05, 0.1) is 0 Å². The average molecular weight is 536 g/mol. The van der Waals surface area contributed by atoms with Gasteiger partial charge >= 0.3 is 0 Å². The Morgan fingerprint density at radius 2 is 1.32 bits per heavy atom. The molecule has 0 fully saturated rings. The van der Waals surface area contributed by atoms with Gasteiger partial charge in [-0.2, -0.15) is 10.5 Å². The number of nitriles is 2. The van der Waals surface area contributed by atoms with Crippen molar-refractivity contribution in [1.82, 2.24) is 0 Å². The largest absolute Gasteiger partial charge is 0.457 e. The molecule has 4 nitrogen and oxygen atoms in total. The van der Waals surface area contributed by atoms with Gasteiger partial charge in [-0.25, -0.2) is 0 Å². The number of fused-ring (bicyclic) bond motifs is 1. The van der Waals surface area contributed by atoms with E-state index in [1.54, 1.807) is 6.08 Å². The van der Waals surface area contributed by atoms with Crippen LogP contribution in [0.1, 0.15) is 102 Å². The summed E-state index contributed by atoms with van der Waals surface area (Å²) in [6.45, 7) is 3.35. The smallest absolute Gasteiger partial charge is 0.137 e. The van der Waals surface area contributed by atoms with Gasteiger partial charge < -0.3 is 9.64 Å². The number of allylic oxidation sites excluding steroid dienone is 4. The fourth-order valence-electron chi connectivity index (χ4n) is 5.10. The van der Waals surface area contributed by atoms with Crippen molar-refractivity contribution in [3.05, 3.63) is 83.1 Å². The molecule has 2 aromatic carbocycles. The molecule has 0 saturated heterocycles. The maximum atomic E-state index is 9.40. The predicted octanol–water partition coefficient (Wildman–Crippen LogP) is 10.0. The number of ether oxygens (including phenoxy) is 1. The molecule has 1 heterocycles. The molecule has 4 heteroatoms. The zero-order valence-corrected chi connectivity index (χ0v) is 24.5. The third kappa shape index (κ3) is 10.1. The molecule has 0 unspecified atom stereocenters. The van der Waals surface area contributed by atoms with Crippen molar-refractivity contribution >= 4 is 17.3 Å². The van der Waals surface area contributed by atoms with Crippen molar-refractivity contribution in [2.75, 3.05) is 18.5 Å². The second-order valence-corrected chi connectivity index (χ2v) is 10.7. The molecular weight excluding hydrogens is 490 g/mol. The summed E-state index contributed by atoms with van der Waals surface area (Å²) >= 11 is 0. The second-order valence-electron chi connectivity index (χ2n) is 10.7. The van der Waals surface area contributed by atoms with E-state index < -0.39 is 0 Å². The van der Waals surface area contributed by atoms with E-state index in [4.69, 9.17) is 4.74 Å². The van der Waals surface area contributed by atoms with Gasteiger partial charge in [-0.05, 0) is 42.3 Å². The molecule has 0 saturated carbocycles. The topological polar surface area (TPSA) is 60.0 Å². The number of unbranched alkanes of at least 4 members (excludes halogenated alkanes) is 12. The van der Waals surface area contributed by atoms with Crippen LogP contribution in [-0.2, 0) is 0 Å². The van der Waals surface area contributed by atoms with Crippen LogP contribution in [0.25, 0.3) is 11.6 Å². The van der Waals surface area contributed by atoms with E-state index >= 15 is 0 Å². The Kier molecular flexibility index (Phi) is 13.7. The van der Waals surface area contributed by atoms with Gasteiger partial charge in [-0.1, -0.05) is 120 Å². The first-order valence-electron chi connectivity index (χ1n) is 15.2. The highest BCUT2D eigenvalue weighted by molar-refractivity contribution is 5.87. The van der Waals surface area contributed by atoms with Crippen molar-refractivity contribution in [1.29, 1.82) is 10.5 Å². The zero-order valence-electron chi connectivity index (χ0n) is 24.5. The second kappa shape index (κ2) is 17.8. The van der Waals surface area contributed by atoms with Gasteiger partial charge in [0, 0.05) is 30.4 Å². The fourth-order valence-corrected chi connectivity index (χ4v) is 5.10. The van der Waals surface area contributed by atoms with Crippen LogP contribution >= 0.6 is 0 Å². The minimum atomic E-state index is 0.0811. The molecule has 2 aromatic rings. The summed E-state index contributed by atoms with van der Waals surface area (Å²) in [5.41, 5.74) is 3.71. The molecule has 0 N–H and O–H groups in total. The van der Waals surface area contributed by atoms with Gasteiger partial charge in [0.15, 0.2) is 0 Å². The Balaban J connectivity index is 1.39. The number of benzene rings is 2. The molecule has 0 bridgehead atoms. The van der Waals surface area contributed by atoms with Gasteiger partial charge in [-0.15, -0.1) is 0 Å². The van der Waals surface area contributed by atoms with Crippen molar-refractivity contribution in [3.63, 3.8) is 0 Å². The van der Waals surface area contributed by atoms with Crippen LogP contribution in [0.2, 0.25) is 0 Å². The van der Waals surface area contributed by atoms with Crippen LogP contribution in [0.4, 0.5) is 5.69 Å². The molecule has 0 spiro atoms. The highest BCUT2D eigenvalue weighted by Crippen LogP contribution is 2.35. The molecule has 1 aliphatic rings. The van der Waals surface area contributed by atoms with E-state index in [2.05, 4.69) is 43.1 Å². The molecule has 210 valence electrons. The maximum Gasteiger partial charge on any atom is 0.137 e. The first-order chi connectivity index (χ1) is 19.7. The minimum Gasteiger partial charge on any atom is -0.457 e. The Morgan fingerprint density at radius 3 is 1.93 bits per heavy atom. The van der Waals surface area contributed by atoms with Gasteiger partial charge in [0.1, 0.15) is 29.2 Å². The van der Waals surface area contributed by atoms with Crippen molar-refractivity contribution in [2.24, 2.45) is 0 Å². The number of anilines is 1. The van der Waals surface area contributed by atoms with Crippen LogP contribution in [0, 0.1) is 22.7 Å². The standard InChI is InChI=1S/C36H45N3O/c1-3-4-5-6-7-8-9-10-11-12-13-14-17-26-39(2)32-23-20-30(21-24-32)22-25-33-27-35(31(28-37)29-38)34-18-15-16-19-36(34)40-33/h15-16,18-25,27H,3-14,17,26H2,1-2H3/b25-22+. The third-order valence-electron chi connectivity index (χ3n) is 7.56. The molecule has 3 rings (SSSR count). The van der Waals surface area contributed by atoms with Crippen LogP contribution in [0.5, 0.6) is 5.75 Å². The number of nitrogens with zero attached hydrogens (tertiary/aromatic N) is 3. The summed E-state index contributed by atoms with van der Waals surface area (Å²) in [6.07, 6.45) is 23.5. The number of hydrogen-bond donors (Lipinski definition) is 0. The molecule has 0 aliphatic carbocycles. The van der Waals surface area contributed by atoms with Crippen molar-refractivity contribution < 1.29 is 4.74 Å². The lowest BCUT2D eigenvalue weighted by atomic mass is 9.97. The highest BCUT2D eigenvalue weighted by atomic mass is 16.5. The minimum absolute atomic E-state index is 0.0811. The highest BCUT2D eigenvalue weighted by Gasteiger charge is 2.18. The maximum absolute atomic E-state index is 9.40. The lowest BCUT2D eigenvalue weighted by molar-refractivity contribution is 0.439. The van der Waals surface area contributed by atoms with E-state index in [9.17, 15) is 10.5 Å². The summed E-state index contributed by atoms with van der Waals surface area (Å²) in [6, 6.07) is 20.0. The summed E-state index contributed by atoms with van der Waals surface area (Å²) in [4.78, 5) is 2.33. The van der Waals surface area contributed by atoms with E-state index in [0.717, 1.165) is 17.7 Å². The lowest BCUT2D eigenvalue weighted by Crippen LogP contribution is -2.18. The van der Waals surface area contributed by atoms with Crippen LogP contribution in [-0.4, -0.2) is 13.6 Å². The Labute approximate surface area is 242 Å².